The van der Waals surface area contributed by atoms with E-state index in [2.05, 4.69) is 0 Å². The first-order valence-corrected chi connectivity index (χ1v) is 5.56. The number of benzene rings is 2. The number of carbonyl (C=O) groups excluding carboxylic acids is 2. The third-order valence-corrected chi connectivity index (χ3v) is 3.28. The number of hydrogen-bond acceptors (Lipinski definition) is 3. The van der Waals surface area contributed by atoms with Gasteiger partial charge in [-0.2, -0.15) is 0 Å². The van der Waals surface area contributed by atoms with E-state index >= 15 is 0 Å². The molecule has 0 spiro atoms. The highest BCUT2D eigenvalue weighted by Crippen LogP contribution is 2.31. The van der Waals surface area contributed by atoms with Crippen LogP contribution in [0.5, 0.6) is 5.75 Å². The Morgan fingerprint density at radius 3 is 2.50 bits per heavy atom. The number of ether oxygens (including phenoxy) is 1. The number of nitrogens with zero attached hydrogens (tertiary/aromatic N) is 1. The summed E-state index contributed by atoms with van der Waals surface area (Å²) in [7, 11) is 3.07. The summed E-state index contributed by atoms with van der Waals surface area (Å²) in [6.45, 7) is 0. The van der Waals surface area contributed by atoms with Crippen LogP contribution in [-0.2, 0) is 0 Å². The molecular weight excluding hydrogens is 230 g/mol. The molecule has 1 aliphatic heterocycles. The van der Waals surface area contributed by atoms with E-state index in [1.807, 2.05) is 18.2 Å². The Balaban J connectivity index is 2.39. The zero-order valence-corrected chi connectivity index (χ0v) is 10.1. The monoisotopic (exact) mass is 241 g/mol. The molecule has 1 heterocycles. The van der Waals surface area contributed by atoms with Gasteiger partial charge in [-0.15, -0.1) is 0 Å². The molecule has 3 rings (SSSR count). The molecule has 0 bridgehead atoms. The van der Waals surface area contributed by atoms with E-state index in [4.69, 9.17) is 4.74 Å². The average molecular weight is 241 g/mol. The topological polar surface area (TPSA) is 46.6 Å². The summed E-state index contributed by atoms with van der Waals surface area (Å²) >= 11 is 0. The van der Waals surface area contributed by atoms with Gasteiger partial charge in [-0.05, 0) is 29.0 Å². The fourth-order valence-electron chi connectivity index (χ4n) is 2.27. The number of amides is 2. The standard InChI is InChI=1S/C14H11NO3/c1-15-13(16)10-6-4-8-3-5-9(18-2)7-11(8)12(10)14(15)17/h3-7H,1-2H3. The predicted octanol–water partition coefficient (Wildman–Crippen LogP) is 2.07. The van der Waals surface area contributed by atoms with Crippen LogP contribution in [0, 0.1) is 0 Å². The second-order valence-electron chi connectivity index (χ2n) is 4.24. The van der Waals surface area contributed by atoms with Crippen LogP contribution in [-0.4, -0.2) is 30.9 Å². The Labute approximate surface area is 104 Å². The first-order valence-electron chi connectivity index (χ1n) is 5.56. The van der Waals surface area contributed by atoms with Gasteiger partial charge < -0.3 is 4.74 Å². The first kappa shape index (κ1) is 10.8. The van der Waals surface area contributed by atoms with E-state index in [-0.39, 0.29) is 11.8 Å². The number of rotatable bonds is 1. The van der Waals surface area contributed by atoms with Crippen molar-refractivity contribution in [2.24, 2.45) is 0 Å². The number of imide groups is 1. The van der Waals surface area contributed by atoms with Crippen LogP contribution in [0.1, 0.15) is 20.7 Å². The predicted molar refractivity (Wildman–Crippen MR) is 66.9 cm³/mol. The van der Waals surface area contributed by atoms with Crippen LogP contribution in [0.15, 0.2) is 30.3 Å². The largest absolute Gasteiger partial charge is 0.497 e. The van der Waals surface area contributed by atoms with E-state index in [1.165, 1.54) is 7.05 Å². The van der Waals surface area contributed by atoms with E-state index in [9.17, 15) is 9.59 Å². The van der Waals surface area contributed by atoms with Crippen molar-refractivity contribution in [3.05, 3.63) is 41.5 Å². The molecule has 0 aliphatic carbocycles. The molecule has 90 valence electrons. The molecule has 18 heavy (non-hydrogen) atoms. The number of methoxy groups -OCH3 is 1. The molecule has 2 amide bonds. The molecule has 0 aromatic heterocycles. The molecule has 4 nitrogen and oxygen atoms in total. The lowest BCUT2D eigenvalue weighted by molar-refractivity contribution is 0.0693. The van der Waals surface area contributed by atoms with Gasteiger partial charge >= 0.3 is 0 Å². The summed E-state index contributed by atoms with van der Waals surface area (Å²) in [5.74, 6) is 0.166. The second kappa shape index (κ2) is 3.57. The third-order valence-electron chi connectivity index (χ3n) is 3.28. The maximum Gasteiger partial charge on any atom is 0.261 e. The minimum atomic E-state index is -0.256. The van der Waals surface area contributed by atoms with Gasteiger partial charge in [-0.3, -0.25) is 14.5 Å². The van der Waals surface area contributed by atoms with Gasteiger partial charge in [0.15, 0.2) is 0 Å². The Morgan fingerprint density at radius 2 is 1.78 bits per heavy atom. The van der Waals surface area contributed by atoms with E-state index in [0.29, 0.717) is 16.9 Å². The van der Waals surface area contributed by atoms with Crippen molar-refractivity contribution in [3.8, 4) is 5.75 Å². The highest BCUT2D eigenvalue weighted by Gasteiger charge is 2.34. The van der Waals surface area contributed by atoms with Crippen LogP contribution < -0.4 is 4.74 Å². The van der Waals surface area contributed by atoms with Gasteiger partial charge in [0.1, 0.15) is 5.75 Å². The van der Waals surface area contributed by atoms with Gasteiger partial charge in [-0.25, -0.2) is 0 Å². The highest BCUT2D eigenvalue weighted by molar-refractivity contribution is 6.26. The SMILES string of the molecule is COc1ccc2ccc3c(c2c1)C(=O)N(C)C3=O. The molecule has 0 saturated carbocycles. The molecule has 0 radical (unpaired) electrons. The maximum atomic E-state index is 12.1. The van der Waals surface area contributed by atoms with Gasteiger partial charge in [0, 0.05) is 7.05 Å². The molecule has 4 heteroatoms. The van der Waals surface area contributed by atoms with Crippen LogP contribution in [0.3, 0.4) is 0 Å². The van der Waals surface area contributed by atoms with Crippen molar-refractivity contribution in [1.29, 1.82) is 0 Å². The highest BCUT2D eigenvalue weighted by atomic mass is 16.5. The Morgan fingerprint density at radius 1 is 1.06 bits per heavy atom. The van der Waals surface area contributed by atoms with Crippen molar-refractivity contribution in [2.45, 2.75) is 0 Å². The third kappa shape index (κ3) is 1.26. The summed E-state index contributed by atoms with van der Waals surface area (Å²) in [5, 5.41) is 1.68. The summed E-state index contributed by atoms with van der Waals surface area (Å²) in [6, 6.07) is 9.05. The zero-order valence-electron chi connectivity index (χ0n) is 10.1. The zero-order chi connectivity index (χ0) is 12.9. The smallest absolute Gasteiger partial charge is 0.261 e. The Bertz CT molecular complexity index is 691. The molecular formula is C14H11NO3. The minimum Gasteiger partial charge on any atom is -0.497 e. The molecule has 2 aromatic rings. The number of carbonyl (C=O) groups is 2. The van der Waals surface area contributed by atoms with E-state index in [1.54, 1.807) is 19.2 Å². The minimum absolute atomic E-state index is 0.250. The fourth-order valence-corrected chi connectivity index (χ4v) is 2.27. The quantitative estimate of drug-likeness (QED) is 0.718. The van der Waals surface area contributed by atoms with E-state index < -0.39 is 0 Å². The fraction of sp³-hybridized carbons (Fsp3) is 0.143. The summed E-state index contributed by atoms with van der Waals surface area (Å²) in [6.07, 6.45) is 0. The van der Waals surface area contributed by atoms with Gasteiger partial charge in [0.25, 0.3) is 11.8 Å². The molecule has 1 aliphatic rings. The maximum absolute atomic E-state index is 12.1. The second-order valence-corrected chi connectivity index (χ2v) is 4.24. The normalized spacial score (nSPS) is 14.2. The molecule has 0 N–H and O–H groups in total. The van der Waals surface area contributed by atoms with Crippen molar-refractivity contribution in [1.82, 2.24) is 4.90 Å². The van der Waals surface area contributed by atoms with Gasteiger partial charge in [-0.1, -0.05) is 12.1 Å². The lowest BCUT2D eigenvalue weighted by Crippen LogP contribution is -2.24. The van der Waals surface area contributed by atoms with Crippen LogP contribution >= 0.6 is 0 Å². The van der Waals surface area contributed by atoms with Gasteiger partial charge in [0.2, 0.25) is 0 Å². The number of fused-ring (bicyclic) bond motifs is 3. The van der Waals surface area contributed by atoms with Crippen LogP contribution in [0.2, 0.25) is 0 Å². The first-order chi connectivity index (χ1) is 8.63. The summed E-state index contributed by atoms with van der Waals surface area (Å²) in [4.78, 5) is 25.1. The van der Waals surface area contributed by atoms with Crippen molar-refractivity contribution in [3.63, 3.8) is 0 Å². The molecule has 0 fully saturated rings. The summed E-state index contributed by atoms with van der Waals surface area (Å²) < 4.78 is 5.16. The molecule has 0 unspecified atom stereocenters. The molecule has 0 atom stereocenters. The van der Waals surface area contributed by atoms with Crippen molar-refractivity contribution < 1.29 is 14.3 Å². The molecule has 0 saturated heterocycles. The van der Waals surface area contributed by atoms with Crippen molar-refractivity contribution >= 4 is 22.6 Å². The lowest BCUT2D eigenvalue weighted by Gasteiger charge is -2.06. The lowest BCUT2D eigenvalue weighted by atomic mass is 10.0. The summed E-state index contributed by atoms with van der Waals surface area (Å²) in [5.41, 5.74) is 0.933. The Kier molecular flexibility index (Phi) is 2.13. The van der Waals surface area contributed by atoms with Crippen LogP contribution in [0.25, 0.3) is 10.8 Å². The van der Waals surface area contributed by atoms with E-state index in [0.717, 1.165) is 15.7 Å². The van der Waals surface area contributed by atoms with Gasteiger partial charge in [0.05, 0.1) is 18.2 Å². The Hall–Kier alpha value is -2.36. The van der Waals surface area contributed by atoms with Crippen LogP contribution in [0.4, 0.5) is 0 Å². The average Bonchev–Trinajstić information content (AvgIpc) is 2.63. The molecule has 2 aromatic carbocycles. The number of hydrogen-bond donors (Lipinski definition) is 0. The van der Waals surface area contributed by atoms with Crippen molar-refractivity contribution in [2.75, 3.05) is 14.2 Å².